The highest BCUT2D eigenvalue weighted by atomic mass is 32.1. The fourth-order valence-corrected chi connectivity index (χ4v) is 6.42. The third kappa shape index (κ3) is 1.90. The van der Waals surface area contributed by atoms with Gasteiger partial charge in [0.1, 0.15) is 0 Å². The third-order valence-corrected chi connectivity index (χ3v) is 6.87. The number of ketones is 1. The Morgan fingerprint density at radius 2 is 1.74 bits per heavy atom. The highest BCUT2D eigenvalue weighted by molar-refractivity contribution is 7.14. The van der Waals surface area contributed by atoms with Crippen molar-refractivity contribution >= 4 is 17.1 Å². The van der Waals surface area contributed by atoms with Crippen LogP contribution in [0.4, 0.5) is 0 Å². The fourth-order valence-electron chi connectivity index (χ4n) is 5.17. The van der Waals surface area contributed by atoms with E-state index in [-0.39, 0.29) is 12.3 Å². The molecule has 2 nitrogen and oxygen atoms in total. The van der Waals surface area contributed by atoms with Gasteiger partial charge in [-0.05, 0) is 73.8 Å². The van der Waals surface area contributed by atoms with Crippen molar-refractivity contribution in [2.75, 3.05) is 6.54 Å². The van der Waals surface area contributed by atoms with Crippen LogP contribution in [0.2, 0.25) is 0 Å². The van der Waals surface area contributed by atoms with Gasteiger partial charge in [-0.3, -0.25) is 4.79 Å². The van der Waals surface area contributed by atoms with Crippen molar-refractivity contribution in [3.05, 3.63) is 21.9 Å². The molecule has 0 radical (unpaired) electrons. The van der Waals surface area contributed by atoms with Crippen molar-refractivity contribution in [1.29, 1.82) is 0 Å². The Morgan fingerprint density at radius 3 is 2.32 bits per heavy atom. The zero-order valence-electron chi connectivity index (χ0n) is 11.2. The van der Waals surface area contributed by atoms with Crippen molar-refractivity contribution in [2.24, 2.45) is 29.4 Å². The normalized spacial score (nSPS) is 39.7. The topological polar surface area (TPSA) is 43.1 Å². The second kappa shape index (κ2) is 4.42. The van der Waals surface area contributed by atoms with Gasteiger partial charge in [0.05, 0.1) is 11.4 Å². The Hall–Kier alpha value is -0.670. The molecule has 19 heavy (non-hydrogen) atoms. The lowest BCUT2D eigenvalue weighted by molar-refractivity contribution is -0.00160. The number of hydrogen-bond acceptors (Lipinski definition) is 3. The van der Waals surface area contributed by atoms with Gasteiger partial charge >= 0.3 is 0 Å². The van der Waals surface area contributed by atoms with Crippen molar-refractivity contribution in [3.63, 3.8) is 0 Å². The van der Waals surface area contributed by atoms with Crippen LogP contribution in [-0.2, 0) is 0 Å². The highest BCUT2D eigenvalue weighted by Crippen LogP contribution is 2.60. The minimum Gasteiger partial charge on any atom is -0.324 e. The van der Waals surface area contributed by atoms with Gasteiger partial charge in [-0.2, -0.15) is 0 Å². The molecule has 0 aromatic carbocycles. The summed E-state index contributed by atoms with van der Waals surface area (Å²) in [4.78, 5) is 14.0. The van der Waals surface area contributed by atoms with E-state index < -0.39 is 0 Å². The minimum atomic E-state index is 0.0973. The summed E-state index contributed by atoms with van der Waals surface area (Å²) >= 11 is 1.72. The van der Waals surface area contributed by atoms with Crippen LogP contribution in [0, 0.1) is 23.7 Å². The van der Waals surface area contributed by atoms with E-state index in [0.29, 0.717) is 0 Å². The number of carbonyl (C=O) groups excluding carboxylic acids is 1. The predicted molar refractivity (Wildman–Crippen MR) is 77.5 cm³/mol. The number of Topliss-reactive ketones (excluding diaryl/α,β-unsaturated/α-hetero) is 1. The second-order valence-corrected chi connectivity index (χ2v) is 7.90. The Morgan fingerprint density at radius 1 is 1.11 bits per heavy atom. The Balaban J connectivity index is 1.62. The molecule has 1 aromatic rings. The second-order valence-electron chi connectivity index (χ2n) is 6.79. The summed E-state index contributed by atoms with van der Waals surface area (Å²) in [5, 5.41) is 0. The zero-order valence-corrected chi connectivity index (χ0v) is 12.0. The van der Waals surface area contributed by atoms with Crippen LogP contribution in [0.25, 0.3) is 0 Å². The molecular weight excluding hydrogens is 254 g/mol. The standard InChI is InChI=1S/C16H21NOS/c17-8-13(18)14-1-2-15(19-14)16-11-4-9-3-10(6-11)7-12(16)5-9/h1-2,9-12,16H,3-8,17H2. The lowest BCUT2D eigenvalue weighted by atomic mass is 9.51. The average Bonchev–Trinajstić information content (AvgIpc) is 2.86. The first kappa shape index (κ1) is 12.1. The summed E-state index contributed by atoms with van der Waals surface area (Å²) < 4.78 is 0. The van der Waals surface area contributed by atoms with E-state index in [2.05, 4.69) is 6.07 Å². The Bertz CT molecular complexity index is 479. The number of rotatable bonds is 3. The largest absolute Gasteiger partial charge is 0.324 e. The van der Waals surface area contributed by atoms with Crippen molar-refractivity contribution < 1.29 is 4.79 Å². The molecule has 0 saturated heterocycles. The van der Waals surface area contributed by atoms with Crippen molar-refractivity contribution in [1.82, 2.24) is 0 Å². The summed E-state index contributed by atoms with van der Waals surface area (Å²) in [6.07, 6.45) is 7.26. The van der Waals surface area contributed by atoms with Crippen LogP contribution in [0.1, 0.15) is 52.6 Å². The molecule has 0 atom stereocenters. The molecule has 1 heterocycles. The molecule has 0 unspecified atom stereocenters. The van der Waals surface area contributed by atoms with Crippen LogP contribution >= 0.6 is 11.3 Å². The summed E-state index contributed by atoms with van der Waals surface area (Å²) in [5.74, 6) is 4.68. The smallest absolute Gasteiger partial charge is 0.186 e. The lowest BCUT2D eigenvalue weighted by Crippen LogP contribution is -2.43. The molecular formula is C16H21NOS. The maximum absolute atomic E-state index is 11.7. The molecule has 0 aliphatic heterocycles. The first-order valence-electron chi connectivity index (χ1n) is 7.57. The Labute approximate surface area is 118 Å². The molecule has 2 N–H and O–H groups in total. The zero-order chi connectivity index (χ0) is 13.0. The van der Waals surface area contributed by atoms with E-state index in [0.717, 1.165) is 34.5 Å². The molecule has 4 aliphatic rings. The van der Waals surface area contributed by atoms with Crippen LogP contribution in [0.5, 0.6) is 0 Å². The molecule has 102 valence electrons. The van der Waals surface area contributed by atoms with Gasteiger partial charge in [-0.25, -0.2) is 0 Å². The third-order valence-electron chi connectivity index (χ3n) is 5.64. The van der Waals surface area contributed by atoms with Gasteiger partial charge in [-0.15, -0.1) is 11.3 Å². The van der Waals surface area contributed by atoms with Crippen molar-refractivity contribution in [3.8, 4) is 0 Å². The molecule has 4 bridgehead atoms. The quantitative estimate of drug-likeness (QED) is 0.859. The number of thiophene rings is 1. The predicted octanol–water partition coefficient (Wildman–Crippen LogP) is 3.43. The summed E-state index contributed by atoms with van der Waals surface area (Å²) in [7, 11) is 0. The highest BCUT2D eigenvalue weighted by Gasteiger charge is 2.48. The molecule has 5 rings (SSSR count). The Kier molecular flexibility index (Phi) is 2.82. The summed E-state index contributed by atoms with van der Waals surface area (Å²) in [6, 6.07) is 4.21. The van der Waals surface area contributed by atoms with Gasteiger partial charge in [0, 0.05) is 4.88 Å². The van der Waals surface area contributed by atoms with Gasteiger partial charge in [0.15, 0.2) is 5.78 Å². The SMILES string of the molecule is NCC(=O)c1ccc(C2C3CC4CC(C3)CC2C4)s1. The van der Waals surface area contributed by atoms with Gasteiger partial charge < -0.3 is 5.73 Å². The molecule has 0 amide bonds. The first-order valence-corrected chi connectivity index (χ1v) is 8.39. The molecule has 0 spiro atoms. The minimum absolute atomic E-state index is 0.0973. The van der Waals surface area contributed by atoms with E-state index in [9.17, 15) is 4.79 Å². The van der Waals surface area contributed by atoms with Crippen LogP contribution < -0.4 is 5.73 Å². The van der Waals surface area contributed by atoms with E-state index >= 15 is 0 Å². The average molecular weight is 275 g/mol. The van der Waals surface area contributed by atoms with E-state index in [1.807, 2.05) is 6.07 Å². The van der Waals surface area contributed by atoms with E-state index in [1.165, 1.54) is 37.0 Å². The molecule has 4 aliphatic carbocycles. The maximum atomic E-state index is 11.7. The van der Waals surface area contributed by atoms with E-state index in [4.69, 9.17) is 5.73 Å². The van der Waals surface area contributed by atoms with Crippen LogP contribution in [0.15, 0.2) is 12.1 Å². The molecule has 1 aromatic heterocycles. The number of carbonyl (C=O) groups is 1. The molecule has 3 heteroatoms. The van der Waals surface area contributed by atoms with Gasteiger partial charge in [-0.1, -0.05) is 0 Å². The monoisotopic (exact) mass is 275 g/mol. The maximum Gasteiger partial charge on any atom is 0.186 e. The van der Waals surface area contributed by atoms with Crippen LogP contribution in [-0.4, -0.2) is 12.3 Å². The number of nitrogens with two attached hydrogens (primary N) is 1. The van der Waals surface area contributed by atoms with Crippen molar-refractivity contribution in [2.45, 2.75) is 38.0 Å². The van der Waals surface area contributed by atoms with Gasteiger partial charge in [0.2, 0.25) is 0 Å². The van der Waals surface area contributed by atoms with Crippen LogP contribution in [0.3, 0.4) is 0 Å². The molecule has 4 fully saturated rings. The fraction of sp³-hybridized carbons (Fsp3) is 0.688. The van der Waals surface area contributed by atoms with E-state index in [1.54, 1.807) is 11.3 Å². The summed E-state index contributed by atoms with van der Waals surface area (Å²) in [6.45, 7) is 0.141. The first-order chi connectivity index (χ1) is 9.24. The molecule has 4 saturated carbocycles. The number of hydrogen-bond donors (Lipinski definition) is 1. The van der Waals surface area contributed by atoms with Gasteiger partial charge in [0.25, 0.3) is 0 Å². The lowest BCUT2D eigenvalue weighted by Gasteiger charge is -2.54. The summed E-state index contributed by atoms with van der Waals surface area (Å²) in [5.41, 5.74) is 5.46.